The lowest BCUT2D eigenvalue weighted by Crippen LogP contribution is -2.44. The number of hydrogen-bond acceptors (Lipinski definition) is 4. The fourth-order valence-corrected chi connectivity index (χ4v) is 3.91. The summed E-state index contributed by atoms with van der Waals surface area (Å²) in [7, 11) is 4.52. The molecule has 2 fully saturated rings. The Morgan fingerprint density at radius 3 is 2.47 bits per heavy atom. The van der Waals surface area contributed by atoms with Crippen LogP contribution in [0.2, 0.25) is 0 Å². The molecule has 2 heterocycles. The SMILES string of the molecule is CN1CCC(CN(C)CC2(CS)CCOCC2)CC1. The Hall–Kier alpha value is 0.230. The van der Waals surface area contributed by atoms with E-state index in [4.69, 9.17) is 4.74 Å². The summed E-state index contributed by atoms with van der Waals surface area (Å²) in [5, 5.41) is 0. The fraction of sp³-hybridized carbons (Fsp3) is 1.00. The maximum absolute atomic E-state index is 5.51. The highest BCUT2D eigenvalue weighted by Crippen LogP contribution is 2.33. The third kappa shape index (κ3) is 4.62. The van der Waals surface area contributed by atoms with Gasteiger partial charge in [0.25, 0.3) is 0 Å². The molecular weight excluding hydrogens is 256 g/mol. The molecule has 0 aromatic carbocycles. The van der Waals surface area contributed by atoms with Gasteiger partial charge in [-0.15, -0.1) is 0 Å². The van der Waals surface area contributed by atoms with Gasteiger partial charge in [-0.1, -0.05) is 0 Å². The minimum atomic E-state index is 0.390. The summed E-state index contributed by atoms with van der Waals surface area (Å²) in [5.41, 5.74) is 0.390. The molecule has 0 saturated carbocycles. The molecule has 0 N–H and O–H groups in total. The molecule has 2 saturated heterocycles. The second kappa shape index (κ2) is 7.30. The minimum absolute atomic E-state index is 0.390. The number of thiol groups is 1. The summed E-state index contributed by atoms with van der Waals surface area (Å²) in [6.45, 7) is 6.82. The highest BCUT2D eigenvalue weighted by molar-refractivity contribution is 7.80. The maximum atomic E-state index is 5.51. The second-order valence-corrected chi connectivity index (χ2v) is 7.03. The summed E-state index contributed by atoms with van der Waals surface area (Å²) in [6, 6.07) is 0. The van der Waals surface area contributed by atoms with Crippen LogP contribution >= 0.6 is 12.6 Å². The van der Waals surface area contributed by atoms with Crippen molar-refractivity contribution in [3.8, 4) is 0 Å². The van der Waals surface area contributed by atoms with Gasteiger partial charge in [-0.2, -0.15) is 12.6 Å². The zero-order valence-corrected chi connectivity index (χ0v) is 13.5. The summed E-state index contributed by atoms with van der Waals surface area (Å²) in [4.78, 5) is 5.00. The van der Waals surface area contributed by atoms with Crippen molar-refractivity contribution in [2.45, 2.75) is 25.7 Å². The van der Waals surface area contributed by atoms with Crippen molar-refractivity contribution >= 4 is 12.6 Å². The first kappa shape index (κ1) is 15.6. The normalized spacial score (nSPS) is 25.9. The standard InChI is InChI=1S/C15H30N2OS/c1-16-7-3-14(4-8-16)11-17(2)12-15(13-19)5-9-18-10-6-15/h14,19H,3-13H2,1-2H3. The van der Waals surface area contributed by atoms with Gasteiger partial charge < -0.3 is 14.5 Å². The molecule has 3 nitrogen and oxygen atoms in total. The molecule has 0 amide bonds. The van der Waals surface area contributed by atoms with Crippen LogP contribution in [0.15, 0.2) is 0 Å². The van der Waals surface area contributed by atoms with Gasteiger partial charge in [-0.05, 0) is 70.0 Å². The number of likely N-dealkylation sites (tertiary alicyclic amines) is 1. The first-order valence-electron chi connectivity index (χ1n) is 7.69. The third-order valence-corrected chi connectivity index (χ3v) is 5.57. The number of piperidine rings is 1. The van der Waals surface area contributed by atoms with Crippen LogP contribution in [0, 0.1) is 11.3 Å². The molecule has 0 atom stereocenters. The van der Waals surface area contributed by atoms with E-state index in [-0.39, 0.29) is 0 Å². The molecule has 2 aliphatic rings. The van der Waals surface area contributed by atoms with Crippen molar-refractivity contribution in [2.24, 2.45) is 11.3 Å². The van der Waals surface area contributed by atoms with E-state index in [0.717, 1.165) is 24.9 Å². The van der Waals surface area contributed by atoms with E-state index < -0.39 is 0 Å². The van der Waals surface area contributed by atoms with Gasteiger partial charge in [0.05, 0.1) is 0 Å². The Kier molecular flexibility index (Phi) is 6.00. The molecule has 0 aliphatic carbocycles. The summed E-state index contributed by atoms with van der Waals surface area (Å²) in [5.74, 6) is 1.88. The first-order chi connectivity index (χ1) is 9.13. The molecule has 2 rings (SSSR count). The first-order valence-corrected chi connectivity index (χ1v) is 8.32. The Morgan fingerprint density at radius 1 is 1.26 bits per heavy atom. The molecule has 0 aromatic rings. The summed E-state index contributed by atoms with van der Waals surface area (Å²) >= 11 is 4.61. The Balaban J connectivity index is 1.77. The average Bonchev–Trinajstić information content (AvgIpc) is 2.42. The molecule has 112 valence electrons. The second-order valence-electron chi connectivity index (χ2n) is 6.71. The Morgan fingerprint density at radius 2 is 1.89 bits per heavy atom. The van der Waals surface area contributed by atoms with Crippen LogP contribution in [-0.4, -0.2) is 69.0 Å². The lowest BCUT2D eigenvalue weighted by molar-refractivity contribution is 0.00837. The van der Waals surface area contributed by atoms with Crippen LogP contribution in [-0.2, 0) is 4.74 Å². The van der Waals surface area contributed by atoms with Crippen molar-refractivity contribution in [1.82, 2.24) is 9.80 Å². The molecule has 19 heavy (non-hydrogen) atoms. The van der Waals surface area contributed by atoms with Gasteiger partial charge in [0.2, 0.25) is 0 Å². The van der Waals surface area contributed by atoms with E-state index in [2.05, 4.69) is 36.5 Å². The third-order valence-electron chi connectivity index (χ3n) is 4.90. The zero-order valence-electron chi connectivity index (χ0n) is 12.6. The van der Waals surface area contributed by atoms with E-state index in [9.17, 15) is 0 Å². The molecule has 0 unspecified atom stereocenters. The molecule has 0 bridgehead atoms. The predicted molar refractivity (Wildman–Crippen MR) is 84.1 cm³/mol. The van der Waals surface area contributed by atoms with Crippen molar-refractivity contribution in [3.05, 3.63) is 0 Å². The minimum Gasteiger partial charge on any atom is -0.381 e. The predicted octanol–water partition coefficient (Wildman–Crippen LogP) is 1.99. The van der Waals surface area contributed by atoms with Gasteiger partial charge >= 0.3 is 0 Å². The van der Waals surface area contributed by atoms with Gasteiger partial charge in [0.15, 0.2) is 0 Å². The van der Waals surface area contributed by atoms with E-state index in [1.165, 1.54) is 51.9 Å². The molecular formula is C15H30N2OS. The van der Waals surface area contributed by atoms with Crippen LogP contribution in [0.3, 0.4) is 0 Å². The van der Waals surface area contributed by atoms with E-state index >= 15 is 0 Å². The molecule has 0 radical (unpaired) electrons. The number of ether oxygens (including phenoxy) is 1. The van der Waals surface area contributed by atoms with Crippen LogP contribution in [0.1, 0.15) is 25.7 Å². The van der Waals surface area contributed by atoms with Crippen LogP contribution < -0.4 is 0 Å². The highest BCUT2D eigenvalue weighted by Gasteiger charge is 2.33. The van der Waals surface area contributed by atoms with Crippen LogP contribution in [0.25, 0.3) is 0 Å². The smallest absolute Gasteiger partial charge is 0.0472 e. The Bertz CT molecular complexity index is 261. The number of rotatable bonds is 5. The average molecular weight is 286 g/mol. The zero-order chi connectivity index (χ0) is 13.7. The van der Waals surface area contributed by atoms with Crippen LogP contribution in [0.4, 0.5) is 0 Å². The Labute approximate surface area is 124 Å². The molecule has 0 aromatic heterocycles. The van der Waals surface area contributed by atoms with E-state index in [0.29, 0.717) is 5.41 Å². The lowest BCUT2D eigenvalue weighted by atomic mass is 9.81. The fourth-order valence-electron chi connectivity index (χ4n) is 3.49. The van der Waals surface area contributed by atoms with Gasteiger partial charge in [0, 0.05) is 26.3 Å². The van der Waals surface area contributed by atoms with Crippen molar-refractivity contribution in [1.29, 1.82) is 0 Å². The highest BCUT2D eigenvalue weighted by atomic mass is 32.1. The van der Waals surface area contributed by atoms with Gasteiger partial charge in [0.1, 0.15) is 0 Å². The summed E-state index contributed by atoms with van der Waals surface area (Å²) < 4.78 is 5.51. The number of hydrogen-bond donors (Lipinski definition) is 1. The monoisotopic (exact) mass is 286 g/mol. The largest absolute Gasteiger partial charge is 0.381 e. The summed E-state index contributed by atoms with van der Waals surface area (Å²) in [6.07, 6.45) is 5.07. The lowest BCUT2D eigenvalue weighted by Gasteiger charge is -2.40. The van der Waals surface area contributed by atoms with Crippen molar-refractivity contribution in [2.75, 3.05) is 59.2 Å². The van der Waals surface area contributed by atoms with E-state index in [1.807, 2.05) is 0 Å². The maximum Gasteiger partial charge on any atom is 0.0472 e. The van der Waals surface area contributed by atoms with Crippen LogP contribution in [0.5, 0.6) is 0 Å². The molecule has 0 spiro atoms. The van der Waals surface area contributed by atoms with E-state index in [1.54, 1.807) is 0 Å². The quantitative estimate of drug-likeness (QED) is 0.778. The van der Waals surface area contributed by atoms with Gasteiger partial charge in [-0.25, -0.2) is 0 Å². The van der Waals surface area contributed by atoms with Crippen molar-refractivity contribution in [3.63, 3.8) is 0 Å². The van der Waals surface area contributed by atoms with Gasteiger partial charge in [-0.3, -0.25) is 0 Å². The van der Waals surface area contributed by atoms with Crippen molar-refractivity contribution < 1.29 is 4.74 Å². The topological polar surface area (TPSA) is 15.7 Å². The number of nitrogens with zero attached hydrogens (tertiary/aromatic N) is 2. The molecule has 4 heteroatoms. The molecule has 2 aliphatic heterocycles.